The lowest BCUT2D eigenvalue weighted by atomic mass is 10.2. The van der Waals surface area contributed by atoms with Gasteiger partial charge in [0.2, 0.25) is 0 Å². The van der Waals surface area contributed by atoms with Crippen LogP contribution in [-0.4, -0.2) is 30.1 Å². The summed E-state index contributed by atoms with van der Waals surface area (Å²) in [6.45, 7) is 1.81. The third-order valence-electron chi connectivity index (χ3n) is 3.96. The van der Waals surface area contributed by atoms with Crippen LogP contribution >= 0.6 is 11.9 Å². The molecule has 0 aliphatic rings. The Morgan fingerprint density at radius 2 is 1.85 bits per heavy atom. The summed E-state index contributed by atoms with van der Waals surface area (Å²) >= 11 is 1.29. The fourth-order valence-electron chi connectivity index (χ4n) is 2.53. The number of nitrogens with one attached hydrogen (secondary N) is 1. The van der Waals surface area contributed by atoms with Gasteiger partial charge in [0.05, 0.1) is 29.7 Å². The van der Waals surface area contributed by atoms with E-state index >= 15 is 0 Å². The molecular formula is C20H20N4O2S. The predicted molar refractivity (Wildman–Crippen MR) is 111 cm³/mol. The zero-order valence-electron chi connectivity index (χ0n) is 15.3. The molecule has 0 saturated heterocycles. The first-order valence-corrected chi connectivity index (χ1v) is 9.49. The van der Waals surface area contributed by atoms with E-state index in [-0.39, 0.29) is 6.03 Å². The summed E-state index contributed by atoms with van der Waals surface area (Å²) in [5.41, 5.74) is 5.56. The topological polar surface area (TPSA) is 66.8 Å². The van der Waals surface area contributed by atoms with Crippen LogP contribution in [0.5, 0.6) is 5.75 Å². The number of benzene rings is 2. The molecule has 1 heterocycles. The Kier molecular flexibility index (Phi) is 5.93. The van der Waals surface area contributed by atoms with Crippen molar-refractivity contribution in [3.63, 3.8) is 0 Å². The Labute approximate surface area is 162 Å². The number of rotatable bonds is 5. The van der Waals surface area contributed by atoms with Crippen LogP contribution in [-0.2, 0) is 0 Å². The van der Waals surface area contributed by atoms with Crippen LogP contribution in [0.3, 0.4) is 0 Å². The highest BCUT2D eigenvalue weighted by molar-refractivity contribution is 8.00. The molecule has 6 nitrogen and oxygen atoms in total. The van der Waals surface area contributed by atoms with Gasteiger partial charge in [-0.25, -0.2) is 19.5 Å². The number of fused-ring (bicyclic) bond motifs is 1. The highest BCUT2D eigenvalue weighted by atomic mass is 32.2. The molecule has 0 saturated carbocycles. The number of hydrogen-bond donors (Lipinski definition) is 1. The summed E-state index contributed by atoms with van der Waals surface area (Å²) in [6, 6.07) is 18.7. The van der Waals surface area contributed by atoms with Crippen molar-refractivity contribution in [3.05, 3.63) is 66.4 Å². The first-order chi connectivity index (χ1) is 13.1. The number of para-hydroxylation sites is 1. The van der Waals surface area contributed by atoms with E-state index in [1.54, 1.807) is 19.2 Å². The molecule has 2 amide bonds. The van der Waals surface area contributed by atoms with E-state index in [0.717, 1.165) is 22.3 Å². The number of hydrogen-bond acceptors (Lipinski definition) is 5. The lowest BCUT2D eigenvalue weighted by Gasteiger charge is -2.19. The van der Waals surface area contributed by atoms with Gasteiger partial charge in [-0.3, -0.25) is 0 Å². The first kappa shape index (κ1) is 18.7. The largest absolute Gasteiger partial charge is 0.497 e. The minimum Gasteiger partial charge on any atom is -0.497 e. The molecule has 0 spiro atoms. The van der Waals surface area contributed by atoms with Crippen molar-refractivity contribution in [1.29, 1.82) is 0 Å². The fraction of sp³-hybridized carbons (Fsp3) is 0.150. The van der Waals surface area contributed by atoms with Gasteiger partial charge in [0.15, 0.2) is 0 Å². The number of ether oxygens (including phenoxy) is 1. The Balaban J connectivity index is 1.74. The summed E-state index contributed by atoms with van der Waals surface area (Å²) in [4.78, 5) is 17.1. The van der Waals surface area contributed by atoms with Gasteiger partial charge in [-0.1, -0.05) is 24.3 Å². The summed E-state index contributed by atoms with van der Waals surface area (Å²) in [5.74, 6) is 0.733. The third kappa shape index (κ3) is 4.38. The van der Waals surface area contributed by atoms with Crippen LogP contribution in [0.1, 0.15) is 12.6 Å². The number of anilines is 1. The summed E-state index contributed by atoms with van der Waals surface area (Å²) in [5, 5.41) is 5.27. The van der Waals surface area contributed by atoms with Gasteiger partial charge in [-0.05, 0) is 55.3 Å². The third-order valence-corrected chi connectivity index (χ3v) is 4.70. The SMILES string of the molecule is COc1ccc(N(SC)C(=O)N/N=C(\C)c2ccc3ccccc3n2)cc1. The second kappa shape index (κ2) is 8.55. The molecule has 7 heteroatoms. The van der Waals surface area contributed by atoms with Crippen molar-refractivity contribution in [2.75, 3.05) is 17.7 Å². The van der Waals surface area contributed by atoms with Gasteiger partial charge in [0.25, 0.3) is 0 Å². The van der Waals surface area contributed by atoms with Gasteiger partial charge in [0, 0.05) is 11.6 Å². The molecule has 0 radical (unpaired) electrons. The van der Waals surface area contributed by atoms with Crippen molar-refractivity contribution < 1.29 is 9.53 Å². The molecule has 3 rings (SSSR count). The molecule has 0 aliphatic heterocycles. The predicted octanol–water partition coefficient (Wildman–Crippen LogP) is 4.46. The lowest BCUT2D eigenvalue weighted by Crippen LogP contribution is -2.32. The minimum absolute atomic E-state index is 0.340. The number of amides is 2. The molecular weight excluding hydrogens is 360 g/mol. The molecule has 0 atom stereocenters. The van der Waals surface area contributed by atoms with Gasteiger partial charge >= 0.3 is 6.03 Å². The molecule has 27 heavy (non-hydrogen) atoms. The normalized spacial score (nSPS) is 11.3. The number of urea groups is 1. The van der Waals surface area contributed by atoms with Gasteiger partial charge in [-0.2, -0.15) is 5.10 Å². The van der Waals surface area contributed by atoms with Crippen molar-refractivity contribution in [2.45, 2.75) is 6.92 Å². The highest BCUT2D eigenvalue weighted by Crippen LogP contribution is 2.23. The van der Waals surface area contributed by atoms with Crippen molar-refractivity contribution in [1.82, 2.24) is 10.4 Å². The lowest BCUT2D eigenvalue weighted by molar-refractivity contribution is 0.250. The van der Waals surface area contributed by atoms with Crippen molar-refractivity contribution in [2.24, 2.45) is 5.10 Å². The van der Waals surface area contributed by atoms with E-state index in [9.17, 15) is 4.79 Å². The minimum atomic E-state index is -0.340. The molecule has 1 aromatic heterocycles. The number of carbonyl (C=O) groups excluding carboxylic acids is 1. The first-order valence-electron chi connectivity index (χ1n) is 8.31. The maximum Gasteiger partial charge on any atom is 0.352 e. The monoisotopic (exact) mass is 380 g/mol. The highest BCUT2D eigenvalue weighted by Gasteiger charge is 2.15. The number of pyridine rings is 1. The van der Waals surface area contributed by atoms with Gasteiger partial charge in [0.1, 0.15) is 5.75 Å². The summed E-state index contributed by atoms with van der Waals surface area (Å²) in [7, 11) is 1.60. The van der Waals surface area contributed by atoms with E-state index < -0.39 is 0 Å². The standard InChI is InChI=1S/C20H20N4O2S/c1-14(18-13-8-15-6-4-5-7-19(15)21-18)22-23-20(25)24(27-3)16-9-11-17(26-2)12-10-16/h4-13H,1-3H3,(H,23,25)/b22-14+. The van der Waals surface area contributed by atoms with Gasteiger partial charge < -0.3 is 4.74 Å². The molecule has 0 unspecified atom stereocenters. The van der Waals surface area contributed by atoms with Crippen LogP contribution in [0.25, 0.3) is 10.9 Å². The second-order valence-electron chi connectivity index (χ2n) is 5.68. The van der Waals surface area contributed by atoms with Crippen molar-refractivity contribution >= 4 is 40.3 Å². The number of aromatic nitrogens is 1. The molecule has 0 fully saturated rings. The Bertz CT molecular complexity index is 973. The summed E-state index contributed by atoms with van der Waals surface area (Å²) < 4.78 is 6.66. The maximum atomic E-state index is 12.5. The zero-order valence-corrected chi connectivity index (χ0v) is 16.2. The second-order valence-corrected chi connectivity index (χ2v) is 6.41. The molecule has 138 valence electrons. The van der Waals surface area contributed by atoms with Crippen LogP contribution in [0.4, 0.5) is 10.5 Å². The molecule has 1 N–H and O–H groups in total. The Morgan fingerprint density at radius 3 is 2.56 bits per heavy atom. The molecule has 0 aliphatic carbocycles. The zero-order chi connectivity index (χ0) is 19.2. The van der Waals surface area contributed by atoms with Crippen LogP contribution in [0, 0.1) is 0 Å². The number of nitrogens with zero attached hydrogens (tertiary/aromatic N) is 3. The van der Waals surface area contributed by atoms with Gasteiger partial charge in [-0.15, -0.1) is 0 Å². The number of hydrazone groups is 1. The van der Waals surface area contributed by atoms with Crippen LogP contribution in [0.2, 0.25) is 0 Å². The summed E-state index contributed by atoms with van der Waals surface area (Å²) in [6.07, 6.45) is 1.82. The Hall–Kier alpha value is -3.06. The average Bonchev–Trinajstić information content (AvgIpc) is 2.72. The molecule has 2 aromatic carbocycles. The number of carbonyl (C=O) groups is 1. The smallest absolute Gasteiger partial charge is 0.352 e. The van der Waals surface area contributed by atoms with Crippen LogP contribution < -0.4 is 14.5 Å². The quantitative estimate of drug-likeness (QED) is 0.403. The fourth-order valence-corrected chi connectivity index (χ4v) is 3.06. The van der Waals surface area contributed by atoms with E-state index in [1.165, 1.54) is 16.3 Å². The van der Waals surface area contributed by atoms with E-state index in [1.807, 2.05) is 61.7 Å². The van der Waals surface area contributed by atoms with Crippen molar-refractivity contribution in [3.8, 4) is 5.75 Å². The Morgan fingerprint density at radius 1 is 1.11 bits per heavy atom. The average molecular weight is 380 g/mol. The van der Waals surface area contributed by atoms with E-state index in [0.29, 0.717) is 11.4 Å². The van der Waals surface area contributed by atoms with E-state index in [4.69, 9.17) is 4.74 Å². The maximum absolute atomic E-state index is 12.5. The molecule has 3 aromatic rings. The van der Waals surface area contributed by atoms with E-state index in [2.05, 4.69) is 15.5 Å². The van der Waals surface area contributed by atoms with Crippen LogP contribution in [0.15, 0.2) is 65.8 Å². The molecule has 0 bridgehead atoms. The number of methoxy groups -OCH3 is 1.